The molecule has 3 aliphatic rings. The second-order valence-electron chi connectivity index (χ2n) is 12.0. The predicted octanol–water partition coefficient (Wildman–Crippen LogP) is 11.4. The van der Waals surface area contributed by atoms with Crippen molar-refractivity contribution in [2.24, 2.45) is 5.92 Å². The summed E-state index contributed by atoms with van der Waals surface area (Å²) in [5, 5.41) is 0. The van der Waals surface area contributed by atoms with Crippen LogP contribution in [-0.4, -0.2) is 0 Å². The highest BCUT2D eigenvalue weighted by Gasteiger charge is 2.40. The van der Waals surface area contributed by atoms with Gasteiger partial charge < -0.3 is 0 Å². The maximum Gasteiger partial charge on any atom is 0.0201 e. The zero-order chi connectivity index (χ0) is 28.4. The van der Waals surface area contributed by atoms with E-state index >= 15 is 0 Å². The summed E-state index contributed by atoms with van der Waals surface area (Å²) < 4.78 is 0. The molecule has 0 spiro atoms. The fourth-order valence-electron chi connectivity index (χ4n) is 6.85. The summed E-state index contributed by atoms with van der Waals surface area (Å²) in [6.45, 7) is 22.5. The van der Waals surface area contributed by atoms with Crippen LogP contribution < -0.4 is 0 Å². The van der Waals surface area contributed by atoms with Crippen LogP contribution in [0.1, 0.15) is 87.5 Å². The monoisotopic (exact) mass is 524 g/mol. The maximum absolute atomic E-state index is 4.73. The molecular weight excluding hydrogens is 480 g/mol. The van der Waals surface area contributed by atoms with E-state index in [0.29, 0.717) is 5.92 Å². The standard InChI is InChI=1S/C40H44/c1-8-11-27(4)33-13-10-14-34(24-33)35-20-17-31(22-35)23-36-25-37-21-29(6)38(28(5)12-9-2)40(39(37)30(36)7)32-18-15-26(3)16-19-32/h10,13-21,23-24,39-40H,4-5,7-9,11-12,22,25H2,1-3,6H3. The van der Waals surface area contributed by atoms with Crippen molar-refractivity contribution in [1.29, 1.82) is 0 Å². The van der Waals surface area contributed by atoms with Crippen LogP contribution in [0.4, 0.5) is 0 Å². The number of benzene rings is 2. The van der Waals surface area contributed by atoms with Crippen molar-refractivity contribution in [3.63, 3.8) is 0 Å². The van der Waals surface area contributed by atoms with Crippen molar-refractivity contribution in [3.8, 4) is 0 Å². The lowest BCUT2D eigenvalue weighted by atomic mass is 9.69. The first-order chi connectivity index (χ1) is 19.3. The van der Waals surface area contributed by atoms with Gasteiger partial charge in [-0.2, -0.15) is 0 Å². The van der Waals surface area contributed by atoms with Crippen LogP contribution in [-0.2, 0) is 0 Å². The molecule has 0 radical (unpaired) electrons. The first-order valence-electron chi connectivity index (χ1n) is 15.0. The number of fused-ring (bicyclic) bond motifs is 1. The minimum Gasteiger partial charge on any atom is -0.0955 e. The van der Waals surface area contributed by atoms with E-state index in [2.05, 4.69) is 114 Å². The predicted molar refractivity (Wildman–Crippen MR) is 175 cm³/mol. The zero-order valence-corrected chi connectivity index (χ0v) is 24.9. The van der Waals surface area contributed by atoms with Crippen molar-refractivity contribution >= 4 is 11.1 Å². The third-order valence-corrected chi connectivity index (χ3v) is 8.87. The Morgan fingerprint density at radius 3 is 2.33 bits per heavy atom. The summed E-state index contributed by atoms with van der Waals surface area (Å²) in [7, 11) is 0. The average molecular weight is 525 g/mol. The van der Waals surface area contributed by atoms with Crippen LogP contribution in [0.25, 0.3) is 11.1 Å². The number of allylic oxidation sites excluding steroid dienone is 13. The van der Waals surface area contributed by atoms with E-state index < -0.39 is 0 Å². The van der Waals surface area contributed by atoms with Crippen LogP contribution in [0.3, 0.4) is 0 Å². The molecule has 0 aromatic heterocycles. The van der Waals surface area contributed by atoms with E-state index in [0.717, 1.165) is 38.5 Å². The van der Waals surface area contributed by atoms with E-state index in [9.17, 15) is 0 Å². The first-order valence-corrected chi connectivity index (χ1v) is 15.0. The minimum atomic E-state index is 0.281. The zero-order valence-electron chi connectivity index (χ0n) is 24.9. The van der Waals surface area contributed by atoms with Gasteiger partial charge in [-0.1, -0.05) is 130 Å². The quantitative estimate of drug-likeness (QED) is 0.306. The smallest absolute Gasteiger partial charge is 0.0201 e. The molecule has 40 heavy (non-hydrogen) atoms. The maximum atomic E-state index is 4.73. The van der Waals surface area contributed by atoms with Gasteiger partial charge in [-0.15, -0.1) is 0 Å². The van der Waals surface area contributed by atoms with Gasteiger partial charge >= 0.3 is 0 Å². The Morgan fingerprint density at radius 2 is 1.60 bits per heavy atom. The van der Waals surface area contributed by atoms with Gasteiger partial charge in [-0.3, -0.25) is 0 Å². The summed E-state index contributed by atoms with van der Waals surface area (Å²) >= 11 is 0. The fraction of sp³-hybridized carbons (Fsp3) is 0.300. The summed E-state index contributed by atoms with van der Waals surface area (Å²) in [4.78, 5) is 0. The molecule has 3 aliphatic carbocycles. The van der Waals surface area contributed by atoms with E-state index in [1.54, 1.807) is 0 Å². The van der Waals surface area contributed by atoms with Gasteiger partial charge in [0.25, 0.3) is 0 Å². The topological polar surface area (TPSA) is 0 Å². The minimum absolute atomic E-state index is 0.281. The Labute approximate surface area is 242 Å². The van der Waals surface area contributed by atoms with Crippen molar-refractivity contribution in [3.05, 3.63) is 154 Å². The number of hydrogen-bond donors (Lipinski definition) is 0. The van der Waals surface area contributed by atoms with Crippen LogP contribution in [0.5, 0.6) is 0 Å². The van der Waals surface area contributed by atoms with Crippen molar-refractivity contribution in [2.75, 3.05) is 0 Å². The molecule has 0 amide bonds. The first kappa shape index (κ1) is 27.9. The molecule has 0 saturated heterocycles. The Kier molecular flexibility index (Phi) is 8.27. The third kappa shape index (κ3) is 5.50. The highest BCUT2D eigenvalue weighted by atomic mass is 14.4. The van der Waals surface area contributed by atoms with Crippen LogP contribution in [0, 0.1) is 12.8 Å². The van der Waals surface area contributed by atoms with E-state index in [1.807, 2.05) is 0 Å². The van der Waals surface area contributed by atoms with E-state index in [4.69, 9.17) is 6.58 Å². The number of rotatable bonds is 9. The van der Waals surface area contributed by atoms with Gasteiger partial charge in [-0.25, -0.2) is 0 Å². The normalized spacial score (nSPS) is 21.4. The number of hydrogen-bond acceptors (Lipinski definition) is 0. The molecule has 0 bridgehead atoms. The largest absolute Gasteiger partial charge is 0.0955 e. The molecular formula is C40H44. The lowest BCUT2D eigenvalue weighted by molar-refractivity contribution is 0.619. The molecule has 0 aliphatic heterocycles. The van der Waals surface area contributed by atoms with Gasteiger partial charge in [0, 0.05) is 11.8 Å². The van der Waals surface area contributed by atoms with E-state index in [1.165, 1.54) is 72.4 Å². The Hall–Kier alpha value is -3.64. The summed E-state index contributed by atoms with van der Waals surface area (Å²) in [5.74, 6) is 0.584. The van der Waals surface area contributed by atoms with Gasteiger partial charge in [0.15, 0.2) is 0 Å². The Morgan fingerprint density at radius 1 is 0.875 bits per heavy atom. The molecule has 2 atom stereocenters. The molecule has 0 heteroatoms. The van der Waals surface area contributed by atoms with Crippen LogP contribution >= 0.6 is 0 Å². The van der Waals surface area contributed by atoms with E-state index in [-0.39, 0.29) is 5.92 Å². The third-order valence-electron chi connectivity index (χ3n) is 8.87. The lowest BCUT2D eigenvalue weighted by Crippen LogP contribution is -2.21. The Bertz CT molecular complexity index is 1510. The van der Waals surface area contributed by atoms with Crippen molar-refractivity contribution in [2.45, 2.75) is 72.1 Å². The van der Waals surface area contributed by atoms with Gasteiger partial charge in [0.1, 0.15) is 0 Å². The molecule has 1 fully saturated rings. The van der Waals surface area contributed by atoms with Crippen molar-refractivity contribution in [1.82, 2.24) is 0 Å². The Balaban J connectivity index is 1.40. The lowest BCUT2D eigenvalue weighted by Gasteiger charge is -2.34. The molecule has 5 rings (SSSR count). The summed E-state index contributed by atoms with van der Waals surface area (Å²) in [6, 6.07) is 18.1. The molecule has 2 unspecified atom stereocenters. The molecule has 0 heterocycles. The fourth-order valence-corrected chi connectivity index (χ4v) is 6.85. The van der Waals surface area contributed by atoms with Crippen molar-refractivity contribution < 1.29 is 0 Å². The SMILES string of the molecule is C=C(CCC)C1=C(C)C=C2CC(=CC3=CC=C(c4cccc(C(=C)CCC)c4)C3)C(=C)C2C1c1ccc(C)cc1. The molecule has 204 valence electrons. The molecule has 0 N–H and O–H groups in total. The van der Waals surface area contributed by atoms with Crippen LogP contribution in [0.15, 0.2) is 132 Å². The van der Waals surface area contributed by atoms with Gasteiger partial charge in [-0.05, 0) is 101 Å². The second kappa shape index (κ2) is 11.8. The van der Waals surface area contributed by atoms with Crippen LogP contribution in [0.2, 0.25) is 0 Å². The average Bonchev–Trinajstić information content (AvgIpc) is 3.53. The van der Waals surface area contributed by atoms with Gasteiger partial charge in [0.05, 0.1) is 0 Å². The second-order valence-corrected chi connectivity index (χ2v) is 12.0. The molecule has 2 aromatic carbocycles. The summed E-state index contributed by atoms with van der Waals surface area (Å²) in [5.41, 5.74) is 17.5. The summed E-state index contributed by atoms with van der Waals surface area (Å²) in [6.07, 6.45) is 15.7. The highest BCUT2D eigenvalue weighted by Crippen LogP contribution is 2.55. The molecule has 1 saturated carbocycles. The highest BCUT2D eigenvalue weighted by molar-refractivity contribution is 5.77. The molecule has 2 aromatic rings. The van der Waals surface area contributed by atoms with Gasteiger partial charge in [0.2, 0.25) is 0 Å². The molecule has 0 nitrogen and oxygen atoms in total. The number of aryl methyl sites for hydroxylation is 1.